The summed E-state index contributed by atoms with van der Waals surface area (Å²) in [6.45, 7) is 0. The van der Waals surface area contributed by atoms with E-state index in [1.165, 1.54) is 62.5 Å². The van der Waals surface area contributed by atoms with Crippen molar-refractivity contribution in [3.05, 3.63) is 35.4 Å². The largest absolute Gasteiger partial charge is 0.393 e. The van der Waals surface area contributed by atoms with Crippen molar-refractivity contribution in [2.24, 2.45) is 5.92 Å². The van der Waals surface area contributed by atoms with Crippen LogP contribution < -0.4 is 0 Å². The summed E-state index contributed by atoms with van der Waals surface area (Å²) in [6, 6.07) is 8.87. The zero-order valence-corrected chi connectivity index (χ0v) is 12.6. The molecule has 0 aliphatic heterocycles. The van der Waals surface area contributed by atoms with Gasteiger partial charge in [-0.2, -0.15) is 0 Å². The van der Waals surface area contributed by atoms with Crippen LogP contribution in [0, 0.1) is 5.92 Å². The minimum atomic E-state index is -0.0887. The second-order valence-electron chi connectivity index (χ2n) is 6.92. The van der Waals surface area contributed by atoms with E-state index in [2.05, 4.69) is 24.3 Å². The zero-order valence-electron chi connectivity index (χ0n) is 12.6. The fourth-order valence-corrected chi connectivity index (χ4v) is 4.33. The van der Waals surface area contributed by atoms with E-state index in [9.17, 15) is 5.11 Å². The van der Waals surface area contributed by atoms with Gasteiger partial charge >= 0.3 is 0 Å². The SMILES string of the molecule is OC(CC1CCCCC1)CC1CCCc2ccccc21. The quantitative estimate of drug-likeness (QED) is 0.832. The highest BCUT2D eigenvalue weighted by Gasteiger charge is 2.24. The molecule has 0 bridgehead atoms. The summed E-state index contributed by atoms with van der Waals surface area (Å²) in [5, 5.41) is 10.5. The lowest BCUT2D eigenvalue weighted by Gasteiger charge is -2.29. The van der Waals surface area contributed by atoms with Crippen molar-refractivity contribution in [2.75, 3.05) is 0 Å². The van der Waals surface area contributed by atoms with E-state index < -0.39 is 0 Å². The minimum absolute atomic E-state index is 0.0887. The maximum atomic E-state index is 10.5. The monoisotopic (exact) mass is 272 g/mol. The van der Waals surface area contributed by atoms with Crippen LogP contribution in [-0.2, 0) is 6.42 Å². The van der Waals surface area contributed by atoms with Gasteiger partial charge in [0.1, 0.15) is 0 Å². The second-order valence-corrected chi connectivity index (χ2v) is 6.92. The summed E-state index contributed by atoms with van der Waals surface area (Å²) in [4.78, 5) is 0. The first-order chi connectivity index (χ1) is 9.83. The van der Waals surface area contributed by atoms with E-state index in [1.807, 2.05) is 0 Å². The van der Waals surface area contributed by atoms with Crippen LogP contribution in [0.15, 0.2) is 24.3 Å². The Labute approximate surface area is 123 Å². The number of hydrogen-bond donors (Lipinski definition) is 1. The Hall–Kier alpha value is -0.820. The molecule has 2 aliphatic rings. The van der Waals surface area contributed by atoms with Crippen molar-refractivity contribution < 1.29 is 5.11 Å². The van der Waals surface area contributed by atoms with E-state index in [0.29, 0.717) is 5.92 Å². The Balaban J connectivity index is 1.57. The Bertz CT molecular complexity index is 420. The predicted molar refractivity (Wildman–Crippen MR) is 83.9 cm³/mol. The summed E-state index contributed by atoms with van der Waals surface area (Å²) >= 11 is 0. The fraction of sp³-hybridized carbons (Fsp3) is 0.684. The van der Waals surface area contributed by atoms with Gasteiger partial charge in [-0.05, 0) is 55.1 Å². The molecular formula is C19H28O. The summed E-state index contributed by atoms with van der Waals surface area (Å²) in [6.07, 6.45) is 12.6. The van der Waals surface area contributed by atoms with Gasteiger partial charge < -0.3 is 5.11 Å². The van der Waals surface area contributed by atoms with Gasteiger partial charge in [0.15, 0.2) is 0 Å². The summed E-state index contributed by atoms with van der Waals surface area (Å²) in [7, 11) is 0. The molecule has 0 aromatic heterocycles. The number of rotatable bonds is 4. The minimum Gasteiger partial charge on any atom is -0.393 e. The van der Waals surface area contributed by atoms with E-state index in [1.54, 1.807) is 0 Å². The molecule has 2 aliphatic carbocycles. The molecular weight excluding hydrogens is 244 g/mol. The third kappa shape index (κ3) is 3.44. The lowest BCUT2D eigenvalue weighted by molar-refractivity contribution is 0.112. The van der Waals surface area contributed by atoms with Crippen molar-refractivity contribution in [1.29, 1.82) is 0 Å². The van der Waals surface area contributed by atoms with Gasteiger partial charge in [-0.15, -0.1) is 0 Å². The van der Waals surface area contributed by atoms with Crippen LogP contribution in [-0.4, -0.2) is 11.2 Å². The number of aryl methyl sites for hydroxylation is 1. The van der Waals surface area contributed by atoms with Gasteiger partial charge in [0.2, 0.25) is 0 Å². The Morgan fingerprint density at radius 1 is 0.950 bits per heavy atom. The number of benzene rings is 1. The van der Waals surface area contributed by atoms with Crippen LogP contribution in [0.1, 0.15) is 74.8 Å². The molecule has 20 heavy (non-hydrogen) atoms. The molecule has 1 nitrogen and oxygen atoms in total. The summed E-state index contributed by atoms with van der Waals surface area (Å²) in [5.74, 6) is 1.39. The third-order valence-electron chi connectivity index (χ3n) is 5.38. The highest BCUT2D eigenvalue weighted by atomic mass is 16.3. The lowest BCUT2D eigenvalue weighted by atomic mass is 9.78. The van der Waals surface area contributed by atoms with Gasteiger partial charge in [0.05, 0.1) is 6.10 Å². The van der Waals surface area contributed by atoms with Crippen molar-refractivity contribution in [1.82, 2.24) is 0 Å². The highest BCUT2D eigenvalue weighted by Crippen LogP contribution is 2.36. The van der Waals surface area contributed by atoms with E-state index in [4.69, 9.17) is 0 Å². The molecule has 0 heterocycles. The number of hydrogen-bond acceptors (Lipinski definition) is 1. The van der Waals surface area contributed by atoms with Crippen LogP contribution in [0.25, 0.3) is 0 Å². The van der Waals surface area contributed by atoms with Crippen LogP contribution in [0.5, 0.6) is 0 Å². The summed E-state index contributed by atoms with van der Waals surface area (Å²) in [5.41, 5.74) is 3.04. The van der Waals surface area contributed by atoms with Crippen molar-refractivity contribution in [3.63, 3.8) is 0 Å². The topological polar surface area (TPSA) is 20.2 Å². The molecule has 1 saturated carbocycles. The first-order valence-electron chi connectivity index (χ1n) is 8.59. The van der Waals surface area contributed by atoms with Crippen molar-refractivity contribution in [2.45, 2.75) is 76.2 Å². The van der Waals surface area contributed by atoms with Gasteiger partial charge in [0.25, 0.3) is 0 Å². The van der Waals surface area contributed by atoms with Gasteiger partial charge in [-0.25, -0.2) is 0 Å². The maximum Gasteiger partial charge on any atom is 0.0548 e. The zero-order chi connectivity index (χ0) is 13.8. The molecule has 2 atom stereocenters. The van der Waals surface area contributed by atoms with Gasteiger partial charge in [0, 0.05) is 0 Å². The van der Waals surface area contributed by atoms with Crippen molar-refractivity contribution in [3.8, 4) is 0 Å². The Morgan fingerprint density at radius 3 is 2.60 bits per heavy atom. The molecule has 0 amide bonds. The van der Waals surface area contributed by atoms with Crippen LogP contribution in [0.4, 0.5) is 0 Å². The molecule has 1 heteroatoms. The fourth-order valence-electron chi connectivity index (χ4n) is 4.33. The van der Waals surface area contributed by atoms with Gasteiger partial charge in [-0.1, -0.05) is 56.4 Å². The van der Waals surface area contributed by atoms with Crippen LogP contribution >= 0.6 is 0 Å². The molecule has 1 aromatic carbocycles. The molecule has 110 valence electrons. The number of aliphatic hydroxyl groups is 1. The average Bonchev–Trinajstić information content (AvgIpc) is 2.48. The average molecular weight is 272 g/mol. The molecule has 0 spiro atoms. The highest BCUT2D eigenvalue weighted by molar-refractivity contribution is 5.32. The number of fused-ring (bicyclic) bond motifs is 1. The third-order valence-corrected chi connectivity index (χ3v) is 5.38. The van der Waals surface area contributed by atoms with Crippen LogP contribution in [0.2, 0.25) is 0 Å². The molecule has 1 N–H and O–H groups in total. The van der Waals surface area contributed by atoms with Crippen LogP contribution in [0.3, 0.4) is 0 Å². The van der Waals surface area contributed by atoms with Gasteiger partial charge in [-0.3, -0.25) is 0 Å². The van der Waals surface area contributed by atoms with E-state index in [-0.39, 0.29) is 6.10 Å². The van der Waals surface area contributed by atoms with E-state index in [0.717, 1.165) is 18.8 Å². The smallest absolute Gasteiger partial charge is 0.0548 e. The predicted octanol–water partition coefficient (Wildman–Crippen LogP) is 4.83. The lowest BCUT2D eigenvalue weighted by Crippen LogP contribution is -2.20. The maximum absolute atomic E-state index is 10.5. The molecule has 1 fully saturated rings. The molecule has 2 unspecified atom stereocenters. The standard InChI is InChI=1S/C19H28O/c20-18(13-15-7-2-1-3-8-15)14-17-11-6-10-16-9-4-5-12-19(16)17/h4-5,9,12,15,17-18,20H,1-3,6-8,10-11,13-14H2. The molecule has 3 rings (SSSR count). The normalized spacial score (nSPS) is 25.1. The second kappa shape index (κ2) is 6.76. The molecule has 1 aromatic rings. The molecule has 0 radical (unpaired) electrons. The van der Waals surface area contributed by atoms with E-state index >= 15 is 0 Å². The van der Waals surface area contributed by atoms with Crippen molar-refractivity contribution >= 4 is 0 Å². The first-order valence-corrected chi connectivity index (χ1v) is 8.59. The molecule has 0 saturated heterocycles. The Kier molecular flexibility index (Phi) is 4.77. The number of aliphatic hydroxyl groups excluding tert-OH is 1. The first kappa shape index (κ1) is 14.1. The Morgan fingerprint density at radius 2 is 1.75 bits per heavy atom. The summed E-state index contributed by atoms with van der Waals surface area (Å²) < 4.78 is 0.